The van der Waals surface area contributed by atoms with Gasteiger partial charge < -0.3 is 19.7 Å². The Morgan fingerprint density at radius 3 is 2.83 bits per heavy atom. The number of pyridine rings is 1. The lowest BCUT2D eigenvalue weighted by Crippen LogP contribution is -2.30. The molecule has 1 unspecified atom stereocenters. The summed E-state index contributed by atoms with van der Waals surface area (Å²) in [6.07, 6.45) is 10.2. The highest BCUT2D eigenvalue weighted by Crippen LogP contribution is 2.36. The number of aryl methyl sites for hydroxylation is 1. The van der Waals surface area contributed by atoms with Crippen molar-refractivity contribution in [2.45, 2.75) is 53.9 Å². The summed E-state index contributed by atoms with van der Waals surface area (Å²) in [7, 11) is 0. The zero-order valence-electron chi connectivity index (χ0n) is 23.8. The molecule has 0 bridgehead atoms. The highest BCUT2D eigenvalue weighted by Gasteiger charge is 2.24. The topological polar surface area (TPSA) is 72.4 Å². The van der Waals surface area contributed by atoms with Crippen LogP contribution in [0.5, 0.6) is 11.5 Å². The Morgan fingerprint density at radius 1 is 1.25 bits per heavy atom. The van der Waals surface area contributed by atoms with Gasteiger partial charge in [-0.05, 0) is 50.5 Å². The van der Waals surface area contributed by atoms with Crippen LogP contribution in [0.4, 0.5) is 26.1 Å². The smallest absolute Gasteiger partial charge is 0.172 e. The van der Waals surface area contributed by atoms with Crippen molar-refractivity contribution in [2.24, 2.45) is 5.92 Å². The van der Waals surface area contributed by atoms with Crippen molar-refractivity contribution in [3.8, 4) is 11.5 Å². The average Bonchev–Trinajstić information content (AvgIpc) is 3.09. The third-order valence-corrected chi connectivity index (χ3v) is 6.52. The van der Waals surface area contributed by atoms with E-state index < -0.39 is 11.6 Å². The van der Waals surface area contributed by atoms with Gasteiger partial charge in [-0.1, -0.05) is 33.3 Å². The second-order valence-corrected chi connectivity index (χ2v) is 9.97. The zero-order valence-corrected chi connectivity index (χ0v) is 23.8. The number of anilines is 3. The molecule has 1 aromatic carbocycles. The molecule has 212 valence electrons. The molecule has 0 aliphatic carbocycles. The lowest BCUT2D eigenvalue weighted by molar-refractivity contribution is 0.273. The van der Waals surface area contributed by atoms with E-state index in [4.69, 9.17) is 14.5 Å². The van der Waals surface area contributed by atoms with E-state index in [1.54, 1.807) is 32.1 Å². The molecule has 4 rings (SSSR count). The minimum absolute atomic E-state index is 0.212. The van der Waals surface area contributed by atoms with Crippen LogP contribution in [0.15, 0.2) is 60.4 Å². The molecule has 0 radical (unpaired) electrons. The lowest BCUT2D eigenvalue weighted by Gasteiger charge is -2.24. The lowest BCUT2D eigenvalue weighted by atomic mass is 10.1. The molecule has 0 saturated heterocycles. The molecule has 0 saturated carbocycles. The fourth-order valence-electron chi connectivity index (χ4n) is 4.39. The predicted molar refractivity (Wildman–Crippen MR) is 157 cm³/mol. The van der Waals surface area contributed by atoms with E-state index in [2.05, 4.69) is 34.0 Å². The summed E-state index contributed by atoms with van der Waals surface area (Å²) in [5.74, 6) is 1.74. The van der Waals surface area contributed by atoms with Crippen LogP contribution in [-0.2, 0) is 0 Å². The van der Waals surface area contributed by atoms with Crippen LogP contribution in [0.3, 0.4) is 0 Å². The van der Waals surface area contributed by atoms with E-state index >= 15 is 4.39 Å². The van der Waals surface area contributed by atoms with Gasteiger partial charge in [0, 0.05) is 37.2 Å². The van der Waals surface area contributed by atoms with Crippen molar-refractivity contribution < 1.29 is 18.3 Å². The second-order valence-electron chi connectivity index (χ2n) is 9.97. The van der Waals surface area contributed by atoms with E-state index in [0.717, 1.165) is 38.2 Å². The molecule has 0 fully saturated rings. The van der Waals surface area contributed by atoms with Gasteiger partial charge in [0.1, 0.15) is 35.0 Å². The first-order chi connectivity index (χ1) is 19.3. The molecule has 0 spiro atoms. The number of aromatic nitrogens is 3. The molecule has 1 aliphatic rings. The highest BCUT2D eigenvalue weighted by molar-refractivity contribution is 5.90. The van der Waals surface area contributed by atoms with Crippen LogP contribution in [0.1, 0.15) is 52.5 Å². The van der Waals surface area contributed by atoms with Gasteiger partial charge in [-0.2, -0.15) is 0 Å². The monoisotopic (exact) mass is 549 g/mol. The van der Waals surface area contributed by atoms with E-state index in [-0.39, 0.29) is 17.2 Å². The molecule has 7 nitrogen and oxygen atoms in total. The Balaban J connectivity index is 1.64. The van der Waals surface area contributed by atoms with Crippen molar-refractivity contribution in [3.63, 3.8) is 0 Å². The normalized spacial score (nSPS) is 16.2. The maximum Gasteiger partial charge on any atom is 0.172 e. The van der Waals surface area contributed by atoms with Crippen LogP contribution in [0, 0.1) is 18.7 Å². The number of allylic oxidation sites excluding steroid dienone is 5. The highest BCUT2D eigenvalue weighted by atomic mass is 19.1. The van der Waals surface area contributed by atoms with Crippen molar-refractivity contribution in [1.29, 1.82) is 0 Å². The molecule has 9 heteroatoms. The zero-order chi connectivity index (χ0) is 28.6. The van der Waals surface area contributed by atoms with Gasteiger partial charge in [-0.15, -0.1) is 0 Å². The first-order valence-electron chi connectivity index (χ1n) is 13.8. The Hall–Kier alpha value is -4.01. The third-order valence-electron chi connectivity index (χ3n) is 6.52. The van der Waals surface area contributed by atoms with Gasteiger partial charge in [-0.3, -0.25) is 0 Å². The van der Waals surface area contributed by atoms with E-state index in [1.165, 1.54) is 24.5 Å². The summed E-state index contributed by atoms with van der Waals surface area (Å²) >= 11 is 0. The molecular formula is C31H37F2N5O2. The Bertz CT molecular complexity index is 1440. The molecule has 1 N–H and O–H groups in total. The Labute approximate surface area is 234 Å². The number of halogens is 2. The van der Waals surface area contributed by atoms with Crippen LogP contribution in [-0.4, -0.2) is 34.6 Å². The average molecular weight is 550 g/mol. The van der Waals surface area contributed by atoms with Crippen molar-refractivity contribution in [2.75, 3.05) is 29.9 Å². The Morgan fingerprint density at radius 2 is 2.08 bits per heavy atom. The minimum Gasteiger partial charge on any atom is -0.489 e. The first kappa shape index (κ1) is 29.0. The van der Waals surface area contributed by atoms with Gasteiger partial charge in [0.05, 0.1) is 17.8 Å². The summed E-state index contributed by atoms with van der Waals surface area (Å²) in [6.45, 7) is 12.1. The van der Waals surface area contributed by atoms with Gasteiger partial charge in [0.2, 0.25) is 0 Å². The number of hydrogen-bond acceptors (Lipinski definition) is 7. The standard InChI is InChI=1S/C31H37F2N5O2/c1-6-9-11-22(32)14-23(8-3)40-27-15-24(33)25(13-21(27)5)36-30-29-26(34-19-35-30)16-28-31(37-29)38(12-10-7-2)17-20(4)18-39-28/h8-9,11,13-16,19-20H,6-7,10,12,17-18H2,1-5H3,(H,34,35,36)/b11-9+,22-14+,23-8+. The van der Waals surface area contributed by atoms with Crippen molar-refractivity contribution >= 4 is 28.4 Å². The van der Waals surface area contributed by atoms with Crippen molar-refractivity contribution in [3.05, 3.63) is 71.8 Å². The molecule has 1 atom stereocenters. The number of hydrogen-bond donors (Lipinski definition) is 1. The number of fused-ring (bicyclic) bond motifs is 2. The fraction of sp³-hybridized carbons (Fsp3) is 0.387. The van der Waals surface area contributed by atoms with Crippen LogP contribution in [0.25, 0.3) is 11.0 Å². The molecular weight excluding hydrogens is 512 g/mol. The number of nitrogens with one attached hydrogen (secondary N) is 1. The molecule has 3 heterocycles. The molecule has 40 heavy (non-hydrogen) atoms. The second kappa shape index (κ2) is 13.4. The first-order valence-corrected chi connectivity index (χ1v) is 13.8. The van der Waals surface area contributed by atoms with Gasteiger partial charge >= 0.3 is 0 Å². The number of benzene rings is 1. The van der Waals surface area contributed by atoms with Crippen LogP contribution in [0.2, 0.25) is 0 Å². The van der Waals surface area contributed by atoms with E-state index in [0.29, 0.717) is 40.7 Å². The Kier molecular flexibility index (Phi) is 9.69. The van der Waals surface area contributed by atoms with Gasteiger partial charge in [0.15, 0.2) is 17.4 Å². The summed E-state index contributed by atoms with van der Waals surface area (Å²) in [5.41, 5.74) is 2.00. The number of rotatable bonds is 10. The maximum absolute atomic E-state index is 15.3. The predicted octanol–water partition coefficient (Wildman–Crippen LogP) is 7.95. The number of nitrogens with zero attached hydrogens (tertiary/aromatic N) is 4. The molecule has 1 aliphatic heterocycles. The fourth-order valence-corrected chi connectivity index (χ4v) is 4.39. The number of ether oxygens (including phenoxy) is 2. The quantitative estimate of drug-likeness (QED) is 0.203. The maximum atomic E-state index is 15.3. The SMILES string of the molecule is C\C=C(/C=C(F)\C=C\CC)Oc1cc(F)c(Nc2ncnc3cc4c(nc23)N(CCCC)CC(C)CO4)cc1C. The van der Waals surface area contributed by atoms with Crippen LogP contribution < -0.4 is 19.7 Å². The summed E-state index contributed by atoms with van der Waals surface area (Å²) < 4.78 is 41.3. The van der Waals surface area contributed by atoms with Crippen LogP contribution >= 0.6 is 0 Å². The summed E-state index contributed by atoms with van der Waals surface area (Å²) in [5, 5.41) is 3.10. The molecule has 2 aromatic heterocycles. The minimum atomic E-state index is -0.547. The summed E-state index contributed by atoms with van der Waals surface area (Å²) in [6, 6.07) is 4.78. The van der Waals surface area contributed by atoms with E-state index in [9.17, 15) is 4.39 Å². The molecule has 3 aromatic rings. The molecule has 0 amide bonds. The number of unbranched alkanes of at least 4 members (excludes halogenated alkanes) is 1. The van der Waals surface area contributed by atoms with Crippen molar-refractivity contribution in [1.82, 2.24) is 15.0 Å². The van der Waals surface area contributed by atoms with E-state index in [1.807, 2.05) is 13.0 Å². The van der Waals surface area contributed by atoms with Gasteiger partial charge in [0.25, 0.3) is 0 Å². The van der Waals surface area contributed by atoms with Gasteiger partial charge in [-0.25, -0.2) is 23.7 Å². The third kappa shape index (κ3) is 6.94. The largest absolute Gasteiger partial charge is 0.489 e. The summed E-state index contributed by atoms with van der Waals surface area (Å²) in [4.78, 5) is 15.9.